The number of amides is 2. The second kappa shape index (κ2) is 10.4. The predicted molar refractivity (Wildman–Crippen MR) is 117 cm³/mol. The van der Waals surface area contributed by atoms with Gasteiger partial charge < -0.3 is 19.9 Å². The zero-order valence-corrected chi connectivity index (χ0v) is 17.7. The van der Waals surface area contributed by atoms with Crippen LogP contribution in [0.3, 0.4) is 0 Å². The van der Waals surface area contributed by atoms with Crippen molar-refractivity contribution in [1.82, 2.24) is 25.8 Å². The third kappa shape index (κ3) is 6.44. The fourth-order valence-electron chi connectivity index (χ4n) is 2.56. The minimum Gasteiger partial charge on any atom is -0.495 e. The van der Waals surface area contributed by atoms with E-state index in [9.17, 15) is 9.18 Å². The van der Waals surface area contributed by atoms with Gasteiger partial charge in [0.15, 0.2) is 17.1 Å². The molecule has 0 aliphatic rings. The van der Waals surface area contributed by atoms with Gasteiger partial charge in [-0.15, -0.1) is 0 Å². The molecule has 2 aromatic heterocycles. The number of hydrogen-bond donors (Lipinski definition) is 3. The number of thiocarbonyl (C=S) groups is 1. The van der Waals surface area contributed by atoms with Crippen LogP contribution >= 0.6 is 12.2 Å². The summed E-state index contributed by atoms with van der Waals surface area (Å²) in [6.45, 7) is 1.54. The summed E-state index contributed by atoms with van der Waals surface area (Å²) in [6, 6.07) is 8.87. The van der Waals surface area contributed by atoms with Gasteiger partial charge in [0.1, 0.15) is 5.75 Å². The molecule has 3 N–H and O–H groups in total. The lowest BCUT2D eigenvalue weighted by Gasteiger charge is -2.11. The molecule has 9 nitrogen and oxygen atoms in total. The standard InChI is InChI=1S/C20H21FN6O3S/c1-12(21)18-25-17(27-30-18)7-8-23-19(28)26-20(31)24-15-5-3-13(4-6-15)14-9-16(29-2)11-22-10-14/h3-6,9-12H,7-8H2,1-2H3,(H3,23,24,26,28,31). The molecule has 162 valence electrons. The number of methoxy groups -OCH3 is 1. The minimum absolute atomic E-state index is 0.0847. The molecule has 0 radical (unpaired) electrons. The SMILES string of the molecule is COc1cncc(-c2ccc(NC(=S)NC(=O)NCCc3noc(C(C)F)n3)cc2)c1. The van der Waals surface area contributed by atoms with Crippen LogP contribution in [0.25, 0.3) is 11.1 Å². The van der Waals surface area contributed by atoms with Gasteiger partial charge in [-0.2, -0.15) is 4.98 Å². The number of carbonyl (C=O) groups excluding carboxylic acids is 1. The Kier molecular flexibility index (Phi) is 7.44. The maximum Gasteiger partial charge on any atom is 0.321 e. The van der Waals surface area contributed by atoms with Crippen molar-refractivity contribution in [2.24, 2.45) is 0 Å². The van der Waals surface area contributed by atoms with E-state index in [1.54, 1.807) is 19.5 Å². The van der Waals surface area contributed by atoms with Gasteiger partial charge in [0.05, 0.1) is 13.3 Å². The molecular formula is C20H21FN6O3S. The van der Waals surface area contributed by atoms with Gasteiger partial charge in [-0.05, 0) is 42.9 Å². The van der Waals surface area contributed by atoms with E-state index in [4.69, 9.17) is 21.5 Å². The number of halogens is 1. The topological polar surface area (TPSA) is 114 Å². The van der Waals surface area contributed by atoms with Crippen molar-refractivity contribution in [3.05, 3.63) is 54.4 Å². The van der Waals surface area contributed by atoms with E-state index in [0.717, 1.165) is 11.1 Å². The lowest BCUT2D eigenvalue weighted by Crippen LogP contribution is -2.42. The van der Waals surface area contributed by atoms with E-state index in [0.29, 0.717) is 23.7 Å². The highest BCUT2D eigenvalue weighted by Gasteiger charge is 2.13. The molecule has 1 unspecified atom stereocenters. The number of rotatable bonds is 7. The Hall–Kier alpha value is -3.60. The van der Waals surface area contributed by atoms with Crippen LogP contribution in [0.1, 0.15) is 24.8 Å². The quantitative estimate of drug-likeness (QED) is 0.475. The second-order valence-corrected chi connectivity index (χ2v) is 6.85. The highest BCUT2D eigenvalue weighted by Crippen LogP contribution is 2.24. The normalized spacial score (nSPS) is 11.5. The van der Waals surface area contributed by atoms with Gasteiger partial charge in [0.25, 0.3) is 5.89 Å². The van der Waals surface area contributed by atoms with Crippen molar-refractivity contribution in [2.45, 2.75) is 19.5 Å². The third-order valence-corrected chi connectivity index (χ3v) is 4.31. The Balaban J connectivity index is 1.44. The summed E-state index contributed by atoms with van der Waals surface area (Å²) >= 11 is 5.16. The molecule has 1 aromatic carbocycles. The number of hydrogen-bond acceptors (Lipinski definition) is 7. The van der Waals surface area contributed by atoms with Crippen molar-refractivity contribution >= 4 is 29.0 Å². The summed E-state index contributed by atoms with van der Waals surface area (Å²) in [5.41, 5.74) is 2.59. The monoisotopic (exact) mass is 444 g/mol. The van der Waals surface area contributed by atoms with Crippen molar-refractivity contribution in [3.63, 3.8) is 0 Å². The van der Waals surface area contributed by atoms with Gasteiger partial charge >= 0.3 is 6.03 Å². The van der Waals surface area contributed by atoms with Gasteiger partial charge in [0.2, 0.25) is 0 Å². The first-order chi connectivity index (χ1) is 14.9. The number of nitrogens with zero attached hydrogens (tertiary/aromatic N) is 3. The maximum atomic E-state index is 13.1. The van der Waals surface area contributed by atoms with E-state index >= 15 is 0 Å². The molecule has 2 amide bonds. The molecule has 0 spiro atoms. The number of alkyl halides is 1. The Bertz CT molecular complexity index is 1040. The largest absolute Gasteiger partial charge is 0.495 e. The average Bonchev–Trinajstić information content (AvgIpc) is 3.23. The first-order valence-electron chi connectivity index (χ1n) is 9.36. The second-order valence-electron chi connectivity index (χ2n) is 6.44. The van der Waals surface area contributed by atoms with Gasteiger partial charge in [-0.1, -0.05) is 17.3 Å². The molecule has 0 saturated heterocycles. The van der Waals surface area contributed by atoms with Gasteiger partial charge in [0, 0.05) is 30.4 Å². The number of aromatic nitrogens is 3. The Morgan fingerprint density at radius 3 is 2.71 bits per heavy atom. The van der Waals surface area contributed by atoms with E-state index in [1.165, 1.54) is 6.92 Å². The van der Waals surface area contributed by atoms with Crippen LogP contribution < -0.4 is 20.7 Å². The maximum absolute atomic E-state index is 13.1. The molecule has 0 fully saturated rings. The van der Waals surface area contributed by atoms with Crippen LogP contribution in [-0.2, 0) is 6.42 Å². The number of carbonyl (C=O) groups is 1. The predicted octanol–water partition coefficient (Wildman–Crippen LogP) is 3.41. The van der Waals surface area contributed by atoms with E-state index in [-0.39, 0.29) is 17.5 Å². The van der Waals surface area contributed by atoms with Crippen molar-refractivity contribution < 1.29 is 18.4 Å². The lowest BCUT2D eigenvalue weighted by molar-refractivity contribution is 0.245. The smallest absolute Gasteiger partial charge is 0.321 e. The van der Waals surface area contributed by atoms with Crippen LogP contribution in [0.4, 0.5) is 14.9 Å². The van der Waals surface area contributed by atoms with Crippen molar-refractivity contribution in [2.75, 3.05) is 19.0 Å². The zero-order chi connectivity index (χ0) is 22.2. The first kappa shape index (κ1) is 22.1. The van der Waals surface area contributed by atoms with Crippen molar-refractivity contribution in [1.29, 1.82) is 0 Å². The summed E-state index contributed by atoms with van der Waals surface area (Å²) in [7, 11) is 1.59. The molecule has 0 saturated carbocycles. The van der Waals surface area contributed by atoms with Gasteiger partial charge in [-0.25, -0.2) is 9.18 Å². The highest BCUT2D eigenvalue weighted by atomic mass is 32.1. The molecule has 3 rings (SSSR count). The first-order valence-corrected chi connectivity index (χ1v) is 9.77. The molecule has 0 aliphatic heterocycles. The minimum atomic E-state index is -1.33. The summed E-state index contributed by atoms with van der Waals surface area (Å²) in [5.74, 6) is 0.901. The molecular weight excluding hydrogens is 423 g/mol. The lowest BCUT2D eigenvalue weighted by atomic mass is 10.1. The van der Waals surface area contributed by atoms with E-state index in [1.807, 2.05) is 30.3 Å². The number of urea groups is 1. The molecule has 2 heterocycles. The summed E-state index contributed by atoms with van der Waals surface area (Å²) in [4.78, 5) is 20.0. The summed E-state index contributed by atoms with van der Waals surface area (Å²) in [6.07, 6.45) is 2.35. The Morgan fingerprint density at radius 2 is 2.03 bits per heavy atom. The molecule has 3 aromatic rings. The number of pyridine rings is 1. The summed E-state index contributed by atoms with van der Waals surface area (Å²) in [5, 5.41) is 11.9. The zero-order valence-electron chi connectivity index (χ0n) is 16.9. The number of ether oxygens (including phenoxy) is 1. The number of nitrogens with one attached hydrogen (secondary N) is 3. The molecule has 0 bridgehead atoms. The van der Waals surface area contributed by atoms with Crippen LogP contribution in [0.2, 0.25) is 0 Å². The summed E-state index contributed by atoms with van der Waals surface area (Å²) < 4.78 is 23.0. The molecule has 11 heteroatoms. The Labute approximate surface area is 183 Å². The van der Waals surface area contributed by atoms with Crippen LogP contribution in [0.15, 0.2) is 47.2 Å². The fourth-order valence-corrected chi connectivity index (χ4v) is 2.77. The number of anilines is 1. The van der Waals surface area contributed by atoms with Gasteiger partial charge in [-0.3, -0.25) is 10.3 Å². The van der Waals surface area contributed by atoms with Crippen LogP contribution in [0.5, 0.6) is 5.75 Å². The number of benzene rings is 1. The average molecular weight is 444 g/mol. The van der Waals surface area contributed by atoms with Crippen LogP contribution in [-0.4, -0.2) is 39.9 Å². The van der Waals surface area contributed by atoms with E-state index < -0.39 is 12.2 Å². The third-order valence-electron chi connectivity index (χ3n) is 4.11. The molecule has 1 atom stereocenters. The Morgan fingerprint density at radius 1 is 1.26 bits per heavy atom. The molecule has 0 aliphatic carbocycles. The molecule has 31 heavy (non-hydrogen) atoms. The van der Waals surface area contributed by atoms with E-state index in [2.05, 4.69) is 31.1 Å². The highest BCUT2D eigenvalue weighted by molar-refractivity contribution is 7.80. The van der Waals surface area contributed by atoms with Crippen LogP contribution in [0, 0.1) is 0 Å². The van der Waals surface area contributed by atoms with Crippen molar-refractivity contribution in [3.8, 4) is 16.9 Å². The fraction of sp³-hybridized carbons (Fsp3) is 0.250.